The molecule has 21 heavy (non-hydrogen) atoms. The smallest absolute Gasteiger partial charge is 0.416 e. The lowest BCUT2D eigenvalue weighted by Gasteiger charge is -2.12. The predicted octanol–water partition coefficient (Wildman–Crippen LogP) is 3.56. The van der Waals surface area contributed by atoms with Crippen LogP contribution in [0.4, 0.5) is 18.3 Å². The van der Waals surface area contributed by atoms with Crippen LogP contribution >= 0.6 is 11.3 Å². The topological polar surface area (TPSA) is 51.2 Å². The Balaban J connectivity index is 2.10. The Labute approximate surface area is 122 Å². The van der Waals surface area contributed by atoms with Crippen LogP contribution in [0.1, 0.15) is 20.8 Å². The minimum absolute atomic E-state index is 0.0379. The molecule has 1 heterocycles. The fourth-order valence-corrected chi connectivity index (χ4v) is 2.40. The van der Waals surface area contributed by atoms with Gasteiger partial charge in [-0.15, -0.1) is 0 Å². The standard InChI is InChI=1S/C13H11F3N2O2S/c1-20-11(19)10-7-18-12(21-10)17-6-8-4-2-3-5-9(8)13(14,15)16/h2-5,7H,6H2,1H3,(H,17,18). The first-order chi connectivity index (χ1) is 9.91. The number of hydrogen-bond donors (Lipinski definition) is 1. The monoisotopic (exact) mass is 316 g/mol. The van der Waals surface area contributed by atoms with Gasteiger partial charge in [0.05, 0.1) is 18.9 Å². The number of hydrogen-bond acceptors (Lipinski definition) is 5. The number of methoxy groups -OCH3 is 1. The van der Waals surface area contributed by atoms with Gasteiger partial charge in [0.15, 0.2) is 5.13 Å². The molecule has 0 amide bonds. The van der Waals surface area contributed by atoms with Crippen molar-refractivity contribution in [3.63, 3.8) is 0 Å². The van der Waals surface area contributed by atoms with E-state index >= 15 is 0 Å². The van der Waals surface area contributed by atoms with Crippen molar-refractivity contribution in [2.75, 3.05) is 12.4 Å². The summed E-state index contributed by atoms with van der Waals surface area (Å²) in [6.45, 7) is -0.0379. The normalized spacial score (nSPS) is 11.2. The molecule has 0 spiro atoms. The SMILES string of the molecule is COC(=O)c1cnc(NCc2ccccc2C(F)(F)F)s1. The number of nitrogens with one attached hydrogen (secondary N) is 1. The highest BCUT2D eigenvalue weighted by Crippen LogP contribution is 2.32. The van der Waals surface area contributed by atoms with E-state index in [-0.39, 0.29) is 17.0 Å². The Morgan fingerprint density at radius 1 is 1.38 bits per heavy atom. The van der Waals surface area contributed by atoms with Crippen LogP contribution in [-0.2, 0) is 17.5 Å². The van der Waals surface area contributed by atoms with Crippen LogP contribution in [0, 0.1) is 0 Å². The molecule has 2 rings (SSSR count). The second-order valence-electron chi connectivity index (χ2n) is 4.03. The number of ether oxygens (including phenoxy) is 1. The number of nitrogens with zero attached hydrogens (tertiary/aromatic N) is 1. The molecule has 112 valence electrons. The number of anilines is 1. The van der Waals surface area contributed by atoms with Crippen LogP contribution in [0.2, 0.25) is 0 Å². The number of benzene rings is 1. The van der Waals surface area contributed by atoms with E-state index in [4.69, 9.17) is 0 Å². The molecule has 1 aromatic heterocycles. The number of rotatable bonds is 4. The zero-order valence-corrected chi connectivity index (χ0v) is 11.7. The third kappa shape index (κ3) is 3.72. The summed E-state index contributed by atoms with van der Waals surface area (Å²) in [6, 6.07) is 5.29. The molecule has 0 bridgehead atoms. The number of halogens is 3. The summed E-state index contributed by atoms with van der Waals surface area (Å²) in [7, 11) is 1.24. The van der Waals surface area contributed by atoms with Gasteiger partial charge < -0.3 is 10.1 Å². The maximum Gasteiger partial charge on any atom is 0.416 e. The fraction of sp³-hybridized carbons (Fsp3) is 0.231. The second kappa shape index (κ2) is 6.13. The molecule has 0 unspecified atom stereocenters. The maximum absolute atomic E-state index is 12.8. The summed E-state index contributed by atoms with van der Waals surface area (Å²) in [5.74, 6) is -0.531. The lowest BCUT2D eigenvalue weighted by atomic mass is 10.1. The molecule has 1 N–H and O–H groups in total. The summed E-state index contributed by atoms with van der Waals surface area (Å²) < 4.78 is 43.0. The van der Waals surface area contributed by atoms with Crippen LogP contribution in [0.5, 0.6) is 0 Å². The van der Waals surface area contributed by atoms with Crippen LogP contribution in [0.3, 0.4) is 0 Å². The highest BCUT2D eigenvalue weighted by molar-refractivity contribution is 7.17. The first kappa shape index (κ1) is 15.3. The minimum atomic E-state index is -4.40. The molecule has 0 saturated carbocycles. The molecule has 1 aromatic carbocycles. The van der Waals surface area contributed by atoms with Crippen molar-refractivity contribution >= 4 is 22.4 Å². The van der Waals surface area contributed by atoms with Crippen molar-refractivity contribution in [2.45, 2.75) is 12.7 Å². The maximum atomic E-state index is 12.8. The third-order valence-corrected chi connectivity index (χ3v) is 3.58. The Morgan fingerprint density at radius 3 is 2.76 bits per heavy atom. The molecule has 2 aromatic rings. The van der Waals surface area contributed by atoms with Crippen molar-refractivity contribution in [2.24, 2.45) is 0 Å². The van der Waals surface area contributed by atoms with Gasteiger partial charge in [-0.05, 0) is 11.6 Å². The molecule has 0 radical (unpaired) electrons. The first-order valence-corrected chi connectivity index (χ1v) is 6.66. The van der Waals surface area contributed by atoms with E-state index in [0.29, 0.717) is 5.13 Å². The van der Waals surface area contributed by atoms with Crippen molar-refractivity contribution in [1.29, 1.82) is 0 Å². The van der Waals surface area contributed by atoms with E-state index in [1.54, 1.807) is 0 Å². The molecule has 8 heteroatoms. The van der Waals surface area contributed by atoms with Gasteiger partial charge >= 0.3 is 12.1 Å². The molecule has 0 aliphatic carbocycles. The van der Waals surface area contributed by atoms with Gasteiger partial charge in [0.2, 0.25) is 0 Å². The van der Waals surface area contributed by atoms with Gasteiger partial charge in [0.25, 0.3) is 0 Å². The van der Waals surface area contributed by atoms with Gasteiger partial charge in [0.1, 0.15) is 4.88 Å². The zero-order chi connectivity index (χ0) is 15.5. The summed E-state index contributed by atoms with van der Waals surface area (Å²) >= 11 is 1.02. The van der Waals surface area contributed by atoms with Gasteiger partial charge in [0, 0.05) is 6.54 Å². The summed E-state index contributed by atoms with van der Waals surface area (Å²) in [5, 5.41) is 3.13. The molecule has 4 nitrogen and oxygen atoms in total. The van der Waals surface area contributed by atoms with Crippen molar-refractivity contribution in [3.8, 4) is 0 Å². The van der Waals surface area contributed by atoms with E-state index in [9.17, 15) is 18.0 Å². The Bertz CT molecular complexity index is 640. The average molecular weight is 316 g/mol. The lowest BCUT2D eigenvalue weighted by molar-refractivity contribution is -0.138. The van der Waals surface area contributed by atoms with E-state index < -0.39 is 17.7 Å². The lowest BCUT2D eigenvalue weighted by Crippen LogP contribution is -2.11. The van der Waals surface area contributed by atoms with E-state index in [0.717, 1.165) is 17.4 Å². The molecule has 0 aliphatic heterocycles. The second-order valence-corrected chi connectivity index (χ2v) is 5.06. The van der Waals surface area contributed by atoms with Gasteiger partial charge in [-0.2, -0.15) is 13.2 Å². The zero-order valence-electron chi connectivity index (χ0n) is 10.9. The Morgan fingerprint density at radius 2 is 2.10 bits per heavy atom. The Kier molecular flexibility index (Phi) is 4.46. The van der Waals surface area contributed by atoms with Gasteiger partial charge in [-0.1, -0.05) is 29.5 Å². The largest absolute Gasteiger partial charge is 0.465 e. The van der Waals surface area contributed by atoms with E-state index in [1.807, 2.05) is 0 Å². The fourth-order valence-electron chi connectivity index (χ4n) is 1.67. The number of aromatic nitrogens is 1. The molecular formula is C13H11F3N2O2S. The van der Waals surface area contributed by atoms with Crippen molar-refractivity contribution in [3.05, 3.63) is 46.5 Å². The quantitative estimate of drug-likeness (QED) is 0.876. The molecular weight excluding hydrogens is 305 g/mol. The molecule has 0 fully saturated rings. The van der Waals surface area contributed by atoms with Crippen LogP contribution < -0.4 is 5.32 Å². The van der Waals surface area contributed by atoms with E-state index in [1.165, 1.54) is 31.5 Å². The number of alkyl halides is 3. The highest BCUT2D eigenvalue weighted by atomic mass is 32.1. The van der Waals surface area contributed by atoms with Gasteiger partial charge in [-0.3, -0.25) is 0 Å². The summed E-state index contributed by atoms with van der Waals surface area (Å²) in [6.07, 6.45) is -3.09. The first-order valence-electron chi connectivity index (χ1n) is 5.85. The van der Waals surface area contributed by atoms with E-state index in [2.05, 4.69) is 15.0 Å². The van der Waals surface area contributed by atoms with Crippen molar-refractivity contribution < 1.29 is 22.7 Å². The minimum Gasteiger partial charge on any atom is -0.465 e. The Hall–Kier alpha value is -2.09. The number of carbonyl (C=O) groups excluding carboxylic acids is 1. The average Bonchev–Trinajstić information content (AvgIpc) is 2.92. The molecule has 0 aliphatic rings. The van der Waals surface area contributed by atoms with Crippen LogP contribution in [0.15, 0.2) is 30.5 Å². The summed E-state index contributed by atoms with van der Waals surface area (Å²) in [5.41, 5.74) is -0.581. The number of thiazole rings is 1. The molecule has 0 saturated heterocycles. The number of carbonyl (C=O) groups is 1. The molecule has 0 atom stereocenters. The van der Waals surface area contributed by atoms with Gasteiger partial charge in [-0.25, -0.2) is 9.78 Å². The third-order valence-electron chi connectivity index (χ3n) is 2.65. The predicted molar refractivity (Wildman–Crippen MR) is 72.2 cm³/mol. The highest BCUT2D eigenvalue weighted by Gasteiger charge is 2.32. The van der Waals surface area contributed by atoms with Crippen LogP contribution in [-0.4, -0.2) is 18.1 Å². The summed E-state index contributed by atoms with van der Waals surface area (Å²) in [4.78, 5) is 15.5. The number of esters is 1. The van der Waals surface area contributed by atoms with Crippen LogP contribution in [0.25, 0.3) is 0 Å². The van der Waals surface area contributed by atoms with Crippen molar-refractivity contribution in [1.82, 2.24) is 4.98 Å².